The first-order chi connectivity index (χ1) is 4.29. The van der Waals surface area contributed by atoms with Gasteiger partial charge in [0.15, 0.2) is 0 Å². The van der Waals surface area contributed by atoms with Gasteiger partial charge in [-0.05, 0) is 13.8 Å². The van der Waals surface area contributed by atoms with Gasteiger partial charge < -0.3 is 10.1 Å². The molecular formula is C6H12N2O. The lowest BCUT2D eigenvalue weighted by Gasteiger charge is -2.07. The Morgan fingerprint density at radius 2 is 2.44 bits per heavy atom. The molecule has 0 aromatic rings. The van der Waals surface area contributed by atoms with Crippen molar-refractivity contribution in [3.05, 3.63) is 0 Å². The molecule has 1 rings (SSSR count). The van der Waals surface area contributed by atoms with E-state index in [2.05, 4.69) is 10.3 Å². The number of ether oxygens (including phenoxy) is 1. The summed E-state index contributed by atoms with van der Waals surface area (Å²) in [6.45, 7) is 5.75. The highest BCUT2D eigenvalue weighted by atomic mass is 16.5. The molecule has 1 heterocycles. The fourth-order valence-corrected chi connectivity index (χ4v) is 0.678. The van der Waals surface area contributed by atoms with Crippen LogP contribution in [-0.4, -0.2) is 25.2 Å². The fraction of sp³-hybridized carbons (Fsp3) is 0.833. The average Bonchev–Trinajstić information content (AvgIpc) is 2.15. The number of aliphatic imine (C=N–C) groups is 1. The lowest BCUT2D eigenvalue weighted by Crippen LogP contribution is -2.24. The first-order valence-corrected chi connectivity index (χ1v) is 3.24. The third-order valence-corrected chi connectivity index (χ3v) is 0.991. The molecule has 0 aliphatic carbocycles. The molecule has 0 amide bonds. The molecule has 0 aromatic heterocycles. The van der Waals surface area contributed by atoms with E-state index in [9.17, 15) is 0 Å². The third-order valence-electron chi connectivity index (χ3n) is 0.991. The highest BCUT2D eigenvalue weighted by molar-refractivity contribution is 5.75. The molecule has 3 heteroatoms. The van der Waals surface area contributed by atoms with Crippen LogP contribution in [0.1, 0.15) is 13.8 Å². The van der Waals surface area contributed by atoms with Gasteiger partial charge in [0.2, 0.25) is 0 Å². The molecule has 1 aliphatic heterocycles. The van der Waals surface area contributed by atoms with Gasteiger partial charge in [-0.1, -0.05) is 0 Å². The summed E-state index contributed by atoms with van der Waals surface area (Å²) >= 11 is 0. The van der Waals surface area contributed by atoms with Crippen molar-refractivity contribution in [2.24, 2.45) is 4.99 Å². The zero-order valence-corrected chi connectivity index (χ0v) is 5.85. The van der Waals surface area contributed by atoms with Gasteiger partial charge in [-0.25, -0.2) is 4.99 Å². The molecule has 0 radical (unpaired) electrons. The minimum atomic E-state index is 0.231. The smallest absolute Gasteiger partial charge is 0.284 e. The summed E-state index contributed by atoms with van der Waals surface area (Å²) in [4.78, 5) is 4.06. The summed E-state index contributed by atoms with van der Waals surface area (Å²) in [6.07, 6.45) is 0.231. The molecule has 9 heavy (non-hydrogen) atoms. The maximum Gasteiger partial charge on any atom is 0.284 e. The molecule has 0 saturated heterocycles. The molecule has 0 aromatic carbocycles. The van der Waals surface area contributed by atoms with Crippen LogP contribution in [-0.2, 0) is 4.74 Å². The van der Waals surface area contributed by atoms with Crippen LogP contribution in [0.4, 0.5) is 0 Å². The number of rotatable bonds is 1. The number of hydrogen-bond acceptors (Lipinski definition) is 3. The van der Waals surface area contributed by atoms with Gasteiger partial charge in [0.05, 0.1) is 12.6 Å². The van der Waals surface area contributed by atoms with Crippen LogP contribution in [0, 0.1) is 0 Å². The number of hydrogen-bond donors (Lipinski definition) is 1. The summed E-state index contributed by atoms with van der Waals surface area (Å²) < 4.78 is 5.25. The molecule has 0 spiro atoms. The van der Waals surface area contributed by atoms with E-state index in [0.717, 1.165) is 13.1 Å². The van der Waals surface area contributed by atoms with Crippen molar-refractivity contribution in [2.45, 2.75) is 20.0 Å². The summed E-state index contributed by atoms with van der Waals surface area (Å²) in [5.74, 6) is 0. The van der Waals surface area contributed by atoms with Gasteiger partial charge in [-0.2, -0.15) is 0 Å². The zero-order valence-electron chi connectivity index (χ0n) is 5.85. The van der Waals surface area contributed by atoms with Crippen LogP contribution in [0.3, 0.4) is 0 Å². The summed E-state index contributed by atoms with van der Waals surface area (Å²) in [6, 6.07) is 0.699. The van der Waals surface area contributed by atoms with Gasteiger partial charge in [0, 0.05) is 6.54 Å². The number of nitrogens with one attached hydrogen (secondary N) is 1. The average molecular weight is 128 g/mol. The van der Waals surface area contributed by atoms with Crippen LogP contribution >= 0.6 is 0 Å². The van der Waals surface area contributed by atoms with Gasteiger partial charge >= 0.3 is 0 Å². The van der Waals surface area contributed by atoms with E-state index in [0.29, 0.717) is 6.02 Å². The van der Waals surface area contributed by atoms with Gasteiger partial charge in [-0.3, -0.25) is 0 Å². The summed E-state index contributed by atoms with van der Waals surface area (Å²) in [7, 11) is 0. The van der Waals surface area contributed by atoms with Crippen molar-refractivity contribution in [2.75, 3.05) is 13.1 Å². The molecular weight excluding hydrogens is 116 g/mol. The lowest BCUT2D eigenvalue weighted by atomic mass is 10.5. The minimum absolute atomic E-state index is 0.231. The fourth-order valence-electron chi connectivity index (χ4n) is 0.678. The predicted molar refractivity (Wildman–Crippen MR) is 36.5 cm³/mol. The Balaban J connectivity index is 2.26. The minimum Gasteiger partial charge on any atom is -0.463 e. The largest absolute Gasteiger partial charge is 0.463 e. The van der Waals surface area contributed by atoms with Crippen molar-refractivity contribution in [3.8, 4) is 0 Å². The maximum atomic E-state index is 5.25. The Morgan fingerprint density at radius 3 is 2.89 bits per heavy atom. The second-order valence-corrected chi connectivity index (χ2v) is 2.28. The maximum absolute atomic E-state index is 5.25. The van der Waals surface area contributed by atoms with Crippen LogP contribution < -0.4 is 5.32 Å². The third kappa shape index (κ3) is 1.91. The van der Waals surface area contributed by atoms with Crippen LogP contribution in [0.5, 0.6) is 0 Å². The van der Waals surface area contributed by atoms with Crippen LogP contribution in [0.2, 0.25) is 0 Å². The molecule has 0 saturated carbocycles. The molecule has 1 aliphatic rings. The van der Waals surface area contributed by atoms with Crippen molar-refractivity contribution in [1.29, 1.82) is 0 Å². The second-order valence-electron chi connectivity index (χ2n) is 2.28. The lowest BCUT2D eigenvalue weighted by molar-refractivity contribution is 0.220. The van der Waals surface area contributed by atoms with E-state index in [1.165, 1.54) is 0 Å². The van der Waals surface area contributed by atoms with E-state index in [1.54, 1.807) is 0 Å². The van der Waals surface area contributed by atoms with Crippen molar-refractivity contribution in [1.82, 2.24) is 5.32 Å². The van der Waals surface area contributed by atoms with E-state index in [-0.39, 0.29) is 6.10 Å². The van der Waals surface area contributed by atoms with E-state index in [4.69, 9.17) is 4.74 Å². The molecule has 52 valence electrons. The summed E-state index contributed by atoms with van der Waals surface area (Å²) in [5.41, 5.74) is 0. The van der Waals surface area contributed by atoms with Gasteiger partial charge in [0.1, 0.15) is 0 Å². The highest BCUT2D eigenvalue weighted by Crippen LogP contribution is 1.92. The number of amidine groups is 1. The molecule has 0 atom stereocenters. The van der Waals surface area contributed by atoms with Crippen LogP contribution in [0.25, 0.3) is 0 Å². The highest BCUT2D eigenvalue weighted by Gasteiger charge is 2.06. The molecule has 0 bridgehead atoms. The monoisotopic (exact) mass is 128 g/mol. The Labute approximate surface area is 55.1 Å². The summed E-state index contributed by atoms with van der Waals surface area (Å²) in [5, 5.41) is 3.02. The van der Waals surface area contributed by atoms with Crippen molar-refractivity contribution in [3.63, 3.8) is 0 Å². The topological polar surface area (TPSA) is 33.6 Å². The molecule has 3 nitrogen and oxygen atoms in total. The standard InChI is InChI=1S/C6H12N2O/c1-5(2)9-6-7-3-4-8-6/h5H,3-4H2,1-2H3,(H,7,8). The second kappa shape index (κ2) is 2.71. The first-order valence-electron chi connectivity index (χ1n) is 3.24. The van der Waals surface area contributed by atoms with E-state index < -0.39 is 0 Å². The Hall–Kier alpha value is -0.730. The molecule has 0 unspecified atom stereocenters. The van der Waals surface area contributed by atoms with E-state index in [1.807, 2.05) is 13.8 Å². The Kier molecular flexibility index (Phi) is 1.92. The SMILES string of the molecule is CC(C)OC1=NCCN1. The van der Waals surface area contributed by atoms with Crippen LogP contribution in [0.15, 0.2) is 4.99 Å². The Morgan fingerprint density at radius 1 is 1.67 bits per heavy atom. The molecule has 1 N–H and O–H groups in total. The normalized spacial score (nSPS) is 17.4. The first kappa shape index (κ1) is 6.39. The quantitative estimate of drug-likeness (QED) is 0.553. The number of nitrogens with zero attached hydrogens (tertiary/aromatic N) is 1. The van der Waals surface area contributed by atoms with Crippen molar-refractivity contribution >= 4 is 6.02 Å². The molecule has 0 fully saturated rings. The zero-order chi connectivity index (χ0) is 6.69. The van der Waals surface area contributed by atoms with E-state index >= 15 is 0 Å². The van der Waals surface area contributed by atoms with Crippen molar-refractivity contribution < 1.29 is 4.74 Å². The predicted octanol–water partition coefficient (Wildman–Crippen LogP) is 0.371. The van der Waals surface area contributed by atoms with Gasteiger partial charge in [0.25, 0.3) is 6.02 Å². The van der Waals surface area contributed by atoms with Gasteiger partial charge in [-0.15, -0.1) is 0 Å². The Bertz CT molecular complexity index is 120.